The summed E-state index contributed by atoms with van der Waals surface area (Å²) in [5, 5.41) is 11.3. The number of amides is 2. The van der Waals surface area contributed by atoms with Crippen molar-refractivity contribution in [2.24, 2.45) is 0 Å². The third-order valence-corrected chi connectivity index (χ3v) is 6.61. The van der Waals surface area contributed by atoms with Gasteiger partial charge in [0.2, 0.25) is 0 Å². The second kappa shape index (κ2) is 11.6. The van der Waals surface area contributed by atoms with Gasteiger partial charge in [-0.05, 0) is 50.0 Å². The molecule has 1 atom stereocenters. The number of fused-ring (bicyclic) bond motifs is 1. The zero-order chi connectivity index (χ0) is 29.9. The van der Waals surface area contributed by atoms with Gasteiger partial charge in [-0.2, -0.15) is 0 Å². The number of anilines is 1. The summed E-state index contributed by atoms with van der Waals surface area (Å²) in [6.07, 6.45) is -0.698. The number of allylic oxidation sites excluding steroid dienone is 1. The molecule has 2 amide bonds. The van der Waals surface area contributed by atoms with Crippen LogP contribution in [0.5, 0.6) is 0 Å². The van der Waals surface area contributed by atoms with Crippen molar-refractivity contribution in [2.75, 3.05) is 12.0 Å². The molecule has 4 rings (SSSR count). The fourth-order valence-corrected chi connectivity index (χ4v) is 4.75. The largest absolute Gasteiger partial charge is 0.466 e. The Kier molecular flexibility index (Phi) is 8.18. The van der Waals surface area contributed by atoms with E-state index in [1.165, 1.54) is 19.2 Å². The summed E-state index contributed by atoms with van der Waals surface area (Å²) in [6.45, 7) is 9.14. The van der Waals surface area contributed by atoms with Crippen LogP contribution in [0, 0.1) is 10.1 Å². The molecule has 0 radical (unpaired) electrons. The molecule has 9 nitrogen and oxygen atoms in total. The molecule has 0 aromatic heterocycles. The van der Waals surface area contributed by atoms with Crippen LogP contribution in [0.1, 0.15) is 49.8 Å². The Morgan fingerprint density at radius 2 is 1.59 bits per heavy atom. The van der Waals surface area contributed by atoms with Crippen molar-refractivity contribution in [1.82, 2.24) is 0 Å². The van der Waals surface area contributed by atoms with Crippen LogP contribution in [0.15, 0.2) is 91.0 Å². The van der Waals surface area contributed by atoms with Crippen LogP contribution in [0.3, 0.4) is 0 Å². The number of nitro groups is 1. The van der Waals surface area contributed by atoms with Crippen LogP contribution in [0.4, 0.5) is 16.2 Å². The maximum atomic E-state index is 14.1. The van der Waals surface area contributed by atoms with E-state index >= 15 is 0 Å². The summed E-state index contributed by atoms with van der Waals surface area (Å²) >= 11 is 0. The van der Waals surface area contributed by atoms with Crippen LogP contribution in [0.2, 0.25) is 0 Å². The van der Waals surface area contributed by atoms with Gasteiger partial charge in [0.05, 0.1) is 23.3 Å². The summed E-state index contributed by atoms with van der Waals surface area (Å²) in [6, 6.07) is 21.9. The summed E-state index contributed by atoms with van der Waals surface area (Å²) in [7, 11) is 1.24. The maximum absolute atomic E-state index is 14.1. The number of nitrogens with zero attached hydrogens (tertiary/aromatic N) is 2. The zero-order valence-corrected chi connectivity index (χ0v) is 23.2. The number of rotatable bonds is 7. The zero-order valence-electron chi connectivity index (χ0n) is 23.2. The Labute approximate surface area is 237 Å². The van der Waals surface area contributed by atoms with Gasteiger partial charge in [0, 0.05) is 29.2 Å². The van der Waals surface area contributed by atoms with E-state index in [1.54, 1.807) is 57.2 Å². The Balaban J connectivity index is 1.93. The van der Waals surface area contributed by atoms with E-state index in [2.05, 4.69) is 6.58 Å². The molecule has 0 saturated heterocycles. The number of carbonyl (C=O) groups is 3. The van der Waals surface area contributed by atoms with Crippen LogP contribution < -0.4 is 4.90 Å². The van der Waals surface area contributed by atoms with Crippen LogP contribution >= 0.6 is 0 Å². The standard InChI is InChI=1S/C32H30N2O7/c1-20(30(36)40-5)25(22-15-17-23(18-16-22)34(38)39)19-26(21-11-7-6-8-12-21)28-24-13-9-10-14-27(24)33(29(28)35)31(37)41-32(2,3)4/h6-18,25H,1,19H2,2-5H3/b28-26-. The van der Waals surface area contributed by atoms with Crippen molar-refractivity contribution in [3.8, 4) is 0 Å². The van der Waals surface area contributed by atoms with Crippen molar-refractivity contribution in [2.45, 2.75) is 38.7 Å². The molecule has 9 heteroatoms. The fraction of sp³-hybridized carbons (Fsp3) is 0.219. The third kappa shape index (κ3) is 6.09. The number of esters is 1. The lowest BCUT2D eigenvalue weighted by Crippen LogP contribution is -2.38. The van der Waals surface area contributed by atoms with Crippen molar-refractivity contribution in [3.63, 3.8) is 0 Å². The molecule has 1 aliphatic heterocycles. The topological polar surface area (TPSA) is 116 Å². The van der Waals surface area contributed by atoms with Gasteiger partial charge in [-0.3, -0.25) is 14.9 Å². The molecule has 41 heavy (non-hydrogen) atoms. The molecule has 3 aromatic carbocycles. The number of ether oxygens (including phenoxy) is 2. The van der Waals surface area contributed by atoms with Gasteiger partial charge in [0.15, 0.2) is 0 Å². The molecular formula is C32H30N2O7. The summed E-state index contributed by atoms with van der Waals surface area (Å²) in [4.78, 5) is 51.8. The predicted molar refractivity (Wildman–Crippen MR) is 155 cm³/mol. The summed E-state index contributed by atoms with van der Waals surface area (Å²) < 4.78 is 10.5. The number of carbonyl (C=O) groups excluding carboxylic acids is 3. The lowest BCUT2D eigenvalue weighted by atomic mass is 9.81. The second-order valence-corrected chi connectivity index (χ2v) is 10.5. The first-order valence-corrected chi connectivity index (χ1v) is 12.9. The Hall–Kier alpha value is -5.05. The van der Waals surface area contributed by atoms with Gasteiger partial charge in [-0.1, -0.05) is 67.2 Å². The molecule has 3 aromatic rings. The second-order valence-electron chi connectivity index (χ2n) is 10.5. The number of hydrogen-bond donors (Lipinski definition) is 0. The quantitative estimate of drug-likeness (QED) is 0.138. The lowest BCUT2D eigenvalue weighted by molar-refractivity contribution is -0.384. The number of non-ortho nitro benzene ring substituents is 1. The highest BCUT2D eigenvalue weighted by Crippen LogP contribution is 2.45. The number of para-hydroxylation sites is 1. The molecule has 0 N–H and O–H groups in total. The summed E-state index contributed by atoms with van der Waals surface area (Å²) in [5.74, 6) is -1.92. The molecular weight excluding hydrogens is 524 g/mol. The number of methoxy groups -OCH3 is 1. The normalized spacial score (nSPS) is 14.6. The minimum atomic E-state index is -0.833. The number of benzene rings is 3. The number of nitro benzene ring substituents is 1. The van der Waals surface area contributed by atoms with Gasteiger partial charge in [-0.15, -0.1) is 0 Å². The average molecular weight is 555 g/mol. The van der Waals surface area contributed by atoms with Gasteiger partial charge in [-0.25, -0.2) is 14.5 Å². The van der Waals surface area contributed by atoms with Gasteiger partial charge in [0.25, 0.3) is 11.6 Å². The van der Waals surface area contributed by atoms with Crippen molar-refractivity contribution >= 4 is 40.5 Å². The fourth-order valence-electron chi connectivity index (χ4n) is 4.75. The first-order valence-electron chi connectivity index (χ1n) is 12.9. The van der Waals surface area contributed by atoms with Crippen molar-refractivity contribution < 1.29 is 28.8 Å². The molecule has 0 fully saturated rings. The highest BCUT2D eigenvalue weighted by molar-refractivity contribution is 6.43. The summed E-state index contributed by atoms with van der Waals surface area (Å²) in [5.41, 5.74) is 2.19. The molecule has 1 heterocycles. The average Bonchev–Trinajstić information content (AvgIpc) is 3.24. The Morgan fingerprint density at radius 3 is 2.17 bits per heavy atom. The van der Waals surface area contributed by atoms with Crippen molar-refractivity contribution in [3.05, 3.63) is 118 Å². The van der Waals surface area contributed by atoms with E-state index in [0.717, 1.165) is 4.90 Å². The molecule has 0 bridgehead atoms. The van der Waals surface area contributed by atoms with Crippen LogP contribution in [-0.2, 0) is 19.1 Å². The molecule has 0 aliphatic carbocycles. The van der Waals surface area contributed by atoms with Crippen LogP contribution in [-0.4, -0.2) is 35.6 Å². The van der Waals surface area contributed by atoms with E-state index in [-0.39, 0.29) is 23.3 Å². The highest BCUT2D eigenvalue weighted by atomic mass is 16.6. The monoisotopic (exact) mass is 554 g/mol. The first-order chi connectivity index (χ1) is 19.4. The Morgan fingerprint density at radius 1 is 0.976 bits per heavy atom. The lowest BCUT2D eigenvalue weighted by Gasteiger charge is -2.24. The van der Waals surface area contributed by atoms with Gasteiger partial charge >= 0.3 is 12.1 Å². The first kappa shape index (κ1) is 28.9. The minimum Gasteiger partial charge on any atom is -0.466 e. The van der Waals surface area contributed by atoms with Crippen molar-refractivity contribution in [1.29, 1.82) is 0 Å². The molecule has 1 unspecified atom stereocenters. The third-order valence-electron chi connectivity index (χ3n) is 6.61. The number of imide groups is 1. The minimum absolute atomic E-state index is 0.104. The van der Waals surface area contributed by atoms with Crippen LogP contribution in [0.25, 0.3) is 11.1 Å². The molecule has 0 saturated carbocycles. The maximum Gasteiger partial charge on any atom is 0.422 e. The Bertz CT molecular complexity index is 1550. The van der Waals surface area contributed by atoms with E-state index in [4.69, 9.17) is 9.47 Å². The predicted octanol–water partition coefficient (Wildman–Crippen LogP) is 6.69. The molecule has 1 aliphatic rings. The smallest absolute Gasteiger partial charge is 0.422 e. The SMILES string of the molecule is C=C(C(=O)OC)C(C/C(=C1/C(=O)N(C(=O)OC(C)(C)C)c2ccccc21)c1ccccc1)c1ccc([N+](=O)[O-])cc1. The van der Waals surface area contributed by atoms with E-state index < -0.39 is 34.4 Å². The molecule has 0 spiro atoms. The van der Waals surface area contributed by atoms with Gasteiger partial charge < -0.3 is 9.47 Å². The van der Waals surface area contributed by atoms with E-state index in [1.807, 2.05) is 30.3 Å². The number of hydrogen-bond acceptors (Lipinski definition) is 7. The highest BCUT2D eigenvalue weighted by Gasteiger charge is 2.41. The van der Waals surface area contributed by atoms with E-state index in [0.29, 0.717) is 28.0 Å². The van der Waals surface area contributed by atoms with Gasteiger partial charge in [0.1, 0.15) is 5.60 Å². The molecule has 210 valence electrons. The van der Waals surface area contributed by atoms with E-state index in [9.17, 15) is 24.5 Å².